The van der Waals surface area contributed by atoms with Crippen molar-refractivity contribution in [2.24, 2.45) is 5.92 Å². The molecule has 132 valence electrons. The van der Waals surface area contributed by atoms with Crippen LogP contribution in [0.4, 0.5) is 4.39 Å². The number of piperidine rings is 1. The molecule has 1 aromatic carbocycles. The lowest BCUT2D eigenvalue weighted by molar-refractivity contribution is -0.134. The summed E-state index contributed by atoms with van der Waals surface area (Å²) in [6.45, 7) is 3.96. The number of carbonyl (C=O) groups is 2. The molecule has 0 aromatic heterocycles. The van der Waals surface area contributed by atoms with Gasteiger partial charge in [0.15, 0.2) is 0 Å². The first-order valence-electron chi connectivity index (χ1n) is 8.32. The predicted molar refractivity (Wildman–Crippen MR) is 90.8 cm³/mol. The highest BCUT2D eigenvalue weighted by Crippen LogP contribution is 2.18. The molecule has 0 unspecified atom stereocenters. The molecule has 2 rings (SSSR count). The molecule has 0 radical (unpaired) electrons. The Hall–Kier alpha value is -1.95. The lowest BCUT2D eigenvalue weighted by Gasteiger charge is -2.31. The van der Waals surface area contributed by atoms with Gasteiger partial charge in [0.25, 0.3) is 0 Å². The summed E-state index contributed by atoms with van der Waals surface area (Å²) >= 11 is 0. The maximum Gasteiger partial charge on any atom is 0.234 e. The Morgan fingerprint density at radius 2 is 1.96 bits per heavy atom. The van der Waals surface area contributed by atoms with Gasteiger partial charge in [-0.2, -0.15) is 0 Å². The Bertz CT molecular complexity index is 596. The van der Waals surface area contributed by atoms with Crippen molar-refractivity contribution in [3.05, 3.63) is 35.1 Å². The zero-order valence-corrected chi connectivity index (χ0v) is 14.6. The van der Waals surface area contributed by atoms with Gasteiger partial charge in [0.1, 0.15) is 5.82 Å². The number of halogens is 1. The largest absolute Gasteiger partial charge is 0.351 e. The molecule has 5 nitrogen and oxygen atoms in total. The van der Waals surface area contributed by atoms with Gasteiger partial charge in [-0.25, -0.2) is 4.39 Å². The minimum Gasteiger partial charge on any atom is -0.351 e. The minimum atomic E-state index is -0.236. The molecule has 1 fully saturated rings. The highest BCUT2D eigenvalue weighted by molar-refractivity contribution is 5.79. The van der Waals surface area contributed by atoms with Crippen LogP contribution in [0, 0.1) is 18.7 Å². The molecular weight excluding hydrogens is 309 g/mol. The molecule has 0 saturated carbocycles. The fraction of sp³-hybridized carbons (Fsp3) is 0.556. The van der Waals surface area contributed by atoms with Crippen molar-refractivity contribution in [1.29, 1.82) is 0 Å². The van der Waals surface area contributed by atoms with Gasteiger partial charge in [0, 0.05) is 26.6 Å². The van der Waals surface area contributed by atoms with Crippen LogP contribution in [-0.4, -0.2) is 55.3 Å². The lowest BCUT2D eigenvalue weighted by atomic mass is 9.95. The number of nitrogens with one attached hydrogen (secondary N) is 1. The summed E-state index contributed by atoms with van der Waals surface area (Å²) in [7, 11) is 3.55. The molecule has 0 bridgehead atoms. The van der Waals surface area contributed by atoms with Gasteiger partial charge in [-0.05, 0) is 50.0 Å². The zero-order valence-electron chi connectivity index (χ0n) is 14.6. The summed E-state index contributed by atoms with van der Waals surface area (Å²) in [6, 6.07) is 4.85. The summed E-state index contributed by atoms with van der Waals surface area (Å²) < 4.78 is 13.2. The molecule has 1 N–H and O–H groups in total. The van der Waals surface area contributed by atoms with E-state index in [1.165, 1.54) is 6.07 Å². The van der Waals surface area contributed by atoms with E-state index < -0.39 is 0 Å². The molecule has 0 aliphatic carbocycles. The molecule has 1 aliphatic heterocycles. The Morgan fingerprint density at radius 3 is 2.54 bits per heavy atom. The Labute approximate surface area is 142 Å². The van der Waals surface area contributed by atoms with Crippen LogP contribution in [0.15, 0.2) is 18.2 Å². The second kappa shape index (κ2) is 8.24. The number of hydrogen-bond acceptors (Lipinski definition) is 3. The van der Waals surface area contributed by atoms with Crippen molar-refractivity contribution in [3.8, 4) is 0 Å². The van der Waals surface area contributed by atoms with Crippen LogP contribution in [0.1, 0.15) is 24.0 Å². The third-order valence-corrected chi connectivity index (χ3v) is 4.46. The van der Waals surface area contributed by atoms with Crippen LogP contribution in [0.3, 0.4) is 0 Å². The zero-order chi connectivity index (χ0) is 17.7. The maximum atomic E-state index is 13.2. The first-order valence-corrected chi connectivity index (χ1v) is 8.32. The number of likely N-dealkylation sites (tertiary alicyclic amines) is 1. The van der Waals surface area contributed by atoms with Gasteiger partial charge in [-0.3, -0.25) is 14.5 Å². The van der Waals surface area contributed by atoms with Gasteiger partial charge in [0.05, 0.1) is 6.54 Å². The van der Waals surface area contributed by atoms with Crippen LogP contribution >= 0.6 is 0 Å². The van der Waals surface area contributed by atoms with Crippen molar-refractivity contribution in [1.82, 2.24) is 15.1 Å². The number of hydrogen-bond donors (Lipinski definition) is 1. The number of amides is 2. The Balaban J connectivity index is 1.73. The third kappa shape index (κ3) is 5.03. The highest BCUT2D eigenvalue weighted by Gasteiger charge is 2.26. The number of benzene rings is 1. The average molecular weight is 335 g/mol. The minimum absolute atomic E-state index is 0.0469. The summed E-state index contributed by atoms with van der Waals surface area (Å²) in [5.41, 5.74) is 1.46. The van der Waals surface area contributed by atoms with Crippen molar-refractivity contribution >= 4 is 11.8 Å². The second-order valence-electron chi connectivity index (χ2n) is 6.64. The normalized spacial score (nSPS) is 16.0. The van der Waals surface area contributed by atoms with E-state index in [9.17, 15) is 14.0 Å². The molecule has 1 heterocycles. The molecule has 6 heteroatoms. The molecule has 24 heavy (non-hydrogen) atoms. The molecule has 2 amide bonds. The van der Waals surface area contributed by atoms with Gasteiger partial charge in [-0.15, -0.1) is 0 Å². The summed E-state index contributed by atoms with van der Waals surface area (Å²) in [4.78, 5) is 27.7. The van der Waals surface area contributed by atoms with Gasteiger partial charge >= 0.3 is 0 Å². The molecular formula is C18H26FN3O2. The molecule has 1 aromatic rings. The van der Waals surface area contributed by atoms with E-state index >= 15 is 0 Å². The van der Waals surface area contributed by atoms with E-state index in [4.69, 9.17) is 0 Å². The quantitative estimate of drug-likeness (QED) is 0.888. The first-order chi connectivity index (χ1) is 11.4. The Morgan fingerprint density at radius 1 is 1.29 bits per heavy atom. The van der Waals surface area contributed by atoms with E-state index in [2.05, 4.69) is 10.2 Å². The van der Waals surface area contributed by atoms with Crippen molar-refractivity contribution in [2.75, 3.05) is 33.7 Å². The average Bonchev–Trinajstić information content (AvgIpc) is 2.56. The fourth-order valence-corrected chi connectivity index (χ4v) is 2.98. The fourth-order valence-electron chi connectivity index (χ4n) is 2.98. The van der Waals surface area contributed by atoms with E-state index in [0.29, 0.717) is 18.7 Å². The van der Waals surface area contributed by atoms with Gasteiger partial charge < -0.3 is 10.2 Å². The van der Waals surface area contributed by atoms with E-state index in [-0.39, 0.29) is 23.5 Å². The van der Waals surface area contributed by atoms with Crippen LogP contribution in [0.2, 0.25) is 0 Å². The van der Waals surface area contributed by atoms with Gasteiger partial charge in [0.2, 0.25) is 11.8 Å². The van der Waals surface area contributed by atoms with Crippen LogP contribution in [0.25, 0.3) is 0 Å². The van der Waals surface area contributed by atoms with Crippen LogP contribution < -0.4 is 5.32 Å². The summed E-state index contributed by atoms with van der Waals surface area (Å²) in [5, 5.41) is 2.87. The van der Waals surface area contributed by atoms with Crippen molar-refractivity contribution in [3.63, 3.8) is 0 Å². The number of carbonyl (C=O) groups excluding carboxylic acids is 2. The standard InChI is InChI=1S/C18H26FN3O2/c1-13-10-14(4-5-16(13)19)11-20-17(23)12-22-8-6-15(7-9-22)18(24)21(2)3/h4-5,10,15H,6-9,11-12H2,1-3H3,(H,20,23). The van der Waals surface area contributed by atoms with E-state index in [1.807, 2.05) is 0 Å². The van der Waals surface area contributed by atoms with E-state index in [1.54, 1.807) is 38.1 Å². The number of nitrogens with zero attached hydrogens (tertiary/aromatic N) is 2. The molecule has 1 aliphatic rings. The molecule has 1 saturated heterocycles. The Kier molecular flexibility index (Phi) is 6.31. The number of rotatable bonds is 5. The topological polar surface area (TPSA) is 52.7 Å². The van der Waals surface area contributed by atoms with Crippen molar-refractivity contribution in [2.45, 2.75) is 26.3 Å². The van der Waals surface area contributed by atoms with Crippen molar-refractivity contribution < 1.29 is 14.0 Å². The van der Waals surface area contributed by atoms with Crippen LogP contribution in [0.5, 0.6) is 0 Å². The highest BCUT2D eigenvalue weighted by atomic mass is 19.1. The maximum absolute atomic E-state index is 13.2. The lowest BCUT2D eigenvalue weighted by Crippen LogP contribution is -2.44. The third-order valence-electron chi connectivity index (χ3n) is 4.46. The van der Waals surface area contributed by atoms with E-state index in [0.717, 1.165) is 31.5 Å². The molecule has 0 atom stereocenters. The first kappa shape index (κ1) is 18.4. The van der Waals surface area contributed by atoms with Crippen LogP contribution in [-0.2, 0) is 16.1 Å². The number of aryl methyl sites for hydroxylation is 1. The monoisotopic (exact) mass is 335 g/mol. The SMILES string of the molecule is Cc1cc(CNC(=O)CN2CCC(C(=O)N(C)C)CC2)ccc1F. The van der Waals surface area contributed by atoms with Gasteiger partial charge in [-0.1, -0.05) is 12.1 Å². The smallest absolute Gasteiger partial charge is 0.234 e. The second-order valence-corrected chi connectivity index (χ2v) is 6.64. The molecule has 0 spiro atoms. The summed E-state index contributed by atoms with van der Waals surface area (Å²) in [5.74, 6) is -0.0399. The summed E-state index contributed by atoms with van der Waals surface area (Å²) in [6.07, 6.45) is 1.59. The predicted octanol–water partition coefficient (Wildman–Crippen LogP) is 1.55.